The number of rotatable bonds is 6. The summed E-state index contributed by atoms with van der Waals surface area (Å²) in [7, 11) is -3.56. The van der Waals surface area contributed by atoms with Crippen LogP contribution in [0.2, 0.25) is 0 Å². The van der Waals surface area contributed by atoms with Gasteiger partial charge in [0, 0.05) is 10.7 Å². The molecule has 0 fully saturated rings. The molecule has 0 aromatic carbocycles. The molecule has 0 aliphatic carbocycles. The van der Waals surface area contributed by atoms with Crippen LogP contribution in [0.15, 0.2) is 11.2 Å². The third kappa shape index (κ3) is 3.52. The van der Waals surface area contributed by atoms with E-state index in [0.29, 0.717) is 22.9 Å². The van der Waals surface area contributed by atoms with Gasteiger partial charge >= 0.3 is 0 Å². The monoisotopic (exact) mass is 387 g/mol. The average molecular weight is 389 g/mol. The molecule has 0 radical (unpaired) electrons. The fourth-order valence-electron chi connectivity index (χ4n) is 1.23. The molecule has 0 aliphatic rings. The standard InChI is InChI=1S/C9H15Br2N3O2S/c1-3-9(5-10,6-11)14-17(15,16)8-4-12-7(2)13-8/h4,14H,3,5-6H2,1-2H3,(H,12,13). The lowest BCUT2D eigenvalue weighted by atomic mass is 10.0. The number of aromatic nitrogens is 2. The highest BCUT2D eigenvalue weighted by Gasteiger charge is 2.32. The lowest BCUT2D eigenvalue weighted by Gasteiger charge is -2.29. The molecule has 1 aromatic rings. The molecule has 0 amide bonds. The normalized spacial score (nSPS) is 12.9. The van der Waals surface area contributed by atoms with Gasteiger partial charge in [-0.1, -0.05) is 38.8 Å². The second kappa shape index (κ2) is 5.81. The van der Waals surface area contributed by atoms with Gasteiger partial charge in [-0.15, -0.1) is 0 Å². The summed E-state index contributed by atoms with van der Waals surface area (Å²) >= 11 is 6.68. The van der Waals surface area contributed by atoms with Crippen molar-refractivity contribution in [2.24, 2.45) is 0 Å². The zero-order chi connectivity index (χ0) is 13.1. The van der Waals surface area contributed by atoms with E-state index in [4.69, 9.17) is 0 Å². The molecule has 1 heterocycles. The Hall–Kier alpha value is 0.0800. The number of halogens is 2. The molecule has 0 unspecified atom stereocenters. The maximum absolute atomic E-state index is 12.1. The summed E-state index contributed by atoms with van der Waals surface area (Å²) in [5.74, 6) is 0.574. The van der Waals surface area contributed by atoms with E-state index in [1.54, 1.807) is 6.92 Å². The highest BCUT2D eigenvalue weighted by atomic mass is 79.9. The van der Waals surface area contributed by atoms with Crippen molar-refractivity contribution in [3.05, 3.63) is 12.0 Å². The summed E-state index contributed by atoms with van der Waals surface area (Å²) in [4.78, 5) is 6.61. The maximum atomic E-state index is 12.1. The van der Waals surface area contributed by atoms with Crippen LogP contribution >= 0.6 is 31.9 Å². The first-order valence-electron chi connectivity index (χ1n) is 5.06. The highest BCUT2D eigenvalue weighted by molar-refractivity contribution is 9.09. The zero-order valence-electron chi connectivity index (χ0n) is 9.63. The van der Waals surface area contributed by atoms with Gasteiger partial charge in [0.25, 0.3) is 10.0 Å². The molecule has 0 saturated heterocycles. The summed E-state index contributed by atoms with van der Waals surface area (Å²) in [6.45, 7) is 3.64. The molecule has 1 aromatic heterocycles. The Morgan fingerprint density at radius 1 is 1.47 bits per heavy atom. The Bertz CT molecular complexity index is 460. The van der Waals surface area contributed by atoms with E-state index in [1.165, 1.54) is 6.20 Å². The van der Waals surface area contributed by atoms with Gasteiger partial charge < -0.3 is 4.98 Å². The summed E-state index contributed by atoms with van der Waals surface area (Å²) in [6.07, 6.45) is 2.00. The first kappa shape index (κ1) is 15.1. The van der Waals surface area contributed by atoms with Gasteiger partial charge in [0.15, 0.2) is 5.03 Å². The molecule has 98 valence electrons. The van der Waals surface area contributed by atoms with E-state index in [-0.39, 0.29) is 5.03 Å². The Labute approximate surface area is 118 Å². The summed E-state index contributed by atoms with van der Waals surface area (Å²) in [5.41, 5.74) is -0.530. The van der Waals surface area contributed by atoms with Gasteiger partial charge in [-0.05, 0) is 13.3 Å². The van der Waals surface area contributed by atoms with Gasteiger partial charge in [0.1, 0.15) is 5.82 Å². The third-order valence-corrected chi connectivity index (χ3v) is 6.14. The number of H-pyrrole nitrogens is 1. The smallest absolute Gasteiger partial charge is 0.258 e. The van der Waals surface area contributed by atoms with Gasteiger partial charge in [0.2, 0.25) is 0 Å². The lowest BCUT2D eigenvalue weighted by molar-refractivity contribution is 0.458. The fourth-order valence-corrected chi connectivity index (χ4v) is 5.04. The van der Waals surface area contributed by atoms with Gasteiger partial charge in [0.05, 0.1) is 11.7 Å². The second-order valence-corrected chi connectivity index (χ2v) is 6.61. The molecule has 17 heavy (non-hydrogen) atoms. The average Bonchev–Trinajstić information content (AvgIpc) is 2.74. The number of hydrogen-bond donors (Lipinski definition) is 2. The number of nitrogens with one attached hydrogen (secondary N) is 2. The Morgan fingerprint density at radius 2 is 2.06 bits per heavy atom. The highest BCUT2D eigenvalue weighted by Crippen LogP contribution is 2.20. The first-order valence-corrected chi connectivity index (χ1v) is 8.79. The third-order valence-electron chi connectivity index (χ3n) is 2.51. The number of aryl methyl sites for hydroxylation is 1. The summed E-state index contributed by atoms with van der Waals surface area (Å²) in [5, 5.41) is 1.16. The molecule has 0 spiro atoms. The maximum Gasteiger partial charge on any atom is 0.258 e. The molecule has 2 N–H and O–H groups in total. The van der Waals surface area contributed by atoms with Gasteiger partial charge in [-0.25, -0.2) is 18.1 Å². The van der Waals surface area contributed by atoms with Crippen molar-refractivity contribution >= 4 is 41.9 Å². The first-order chi connectivity index (χ1) is 7.89. The lowest BCUT2D eigenvalue weighted by Crippen LogP contribution is -2.51. The summed E-state index contributed by atoms with van der Waals surface area (Å²) < 4.78 is 26.9. The minimum absolute atomic E-state index is 0.0923. The molecular formula is C9H15Br2N3O2S. The SMILES string of the molecule is CCC(CBr)(CBr)NS(=O)(=O)c1cnc(C)[nH]1. The fraction of sp³-hybridized carbons (Fsp3) is 0.667. The van der Waals surface area contributed by atoms with Gasteiger partial charge in [-0.3, -0.25) is 0 Å². The van der Waals surface area contributed by atoms with E-state index >= 15 is 0 Å². The van der Waals surface area contributed by atoms with Crippen molar-refractivity contribution in [1.82, 2.24) is 14.7 Å². The van der Waals surface area contributed by atoms with Crippen molar-refractivity contribution in [3.8, 4) is 0 Å². The van der Waals surface area contributed by atoms with Crippen LogP contribution in [0.4, 0.5) is 0 Å². The van der Waals surface area contributed by atoms with Crippen molar-refractivity contribution < 1.29 is 8.42 Å². The van der Waals surface area contributed by atoms with Crippen LogP contribution in [-0.4, -0.2) is 34.6 Å². The summed E-state index contributed by atoms with van der Waals surface area (Å²) in [6, 6.07) is 0. The topological polar surface area (TPSA) is 74.8 Å². The molecule has 1 rings (SSSR count). The Kier molecular flexibility index (Phi) is 5.18. The van der Waals surface area contributed by atoms with E-state index in [2.05, 4.69) is 46.5 Å². The van der Waals surface area contributed by atoms with E-state index in [0.717, 1.165) is 0 Å². The predicted octanol–water partition coefficient (Wildman–Crippen LogP) is 1.94. The van der Waals surface area contributed by atoms with E-state index in [9.17, 15) is 8.42 Å². The van der Waals surface area contributed by atoms with E-state index in [1.807, 2.05) is 6.92 Å². The number of sulfonamides is 1. The number of hydrogen-bond acceptors (Lipinski definition) is 3. The largest absolute Gasteiger partial charge is 0.332 e. The van der Waals surface area contributed by atoms with Crippen LogP contribution in [0, 0.1) is 6.92 Å². The minimum atomic E-state index is -3.56. The molecule has 0 bridgehead atoms. The number of aromatic amines is 1. The minimum Gasteiger partial charge on any atom is -0.332 e. The van der Waals surface area contributed by atoms with Crippen molar-refractivity contribution in [1.29, 1.82) is 0 Å². The zero-order valence-corrected chi connectivity index (χ0v) is 13.6. The van der Waals surface area contributed by atoms with Crippen molar-refractivity contribution in [2.45, 2.75) is 30.8 Å². The van der Waals surface area contributed by atoms with Crippen LogP contribution in [0.3, 0.4) is 0 Å². The predicted molar refractivity (Wildman–Crippen MR) is 74.3 cm³/mol. The number of alkyl halides is 2. The molecule has 0 atom stereocenters. The van der Waals surface area contributed by atoms with Crippen LogP contribution in [0.25, 0.3) is 0 Å². The van der Waals surface area contributed by atoms with E-state index < -0.39 is 15.6 Å². The molecule has 0 saturated carbocycles. The van der Waals surface area contributed by atoms with Crippen LogP contribution in [0.5, 0.6) is 0 Å². The number of nitrogens with zero attached hydrogens (tertiary/aromatic N) is 1. The Balaban J connectivity index is 3.00. The second-order valence-electron chi connectivity index (χ2n) is 3.84. The molecule has 0 aliphatic heterocycles. The van der Waals surface area contributed by atoms with Crippen LogP contribution in [0.1, 0.15) is 19.2 Å². The number of imidazole rings is 1. The molecule has 5 nitrogen and oxygen atoms in total. The van der Waals surface area contributed by atoms with Crippen LogP contribution < -0.4 is 4.72 Å². The van der Waals surface area contributed by atoms with Gasteiger partial charge in [-0.2, -0.15) is 0 Å². The molecule has 8 heteroatoms. The van der Waals surface area contributed by atoms with Crippen molar-refractivity contribution in [2.75, 3.05) is 10.7 Å². The Morgan fingerprint density at radius 3 is 2.41 bits per heavy atom. The quantitative estimate of drug-likeness (QED) is 0.731. The van der Waals surface area contributed by atoms with Crippen LogP contribution in [-0.2, 0) is 10.0 Å². The van der Waals surface area contributed by atoms with Crippen molar-refractivity contribution in [3.63, 3.8) is 0 Å². The molecular weight excluding hydrogens is 374 g/mol.